The van der Waals surface area contributed by atoms with Crippen molar-refractivity contribution in [2.45, 2.75) is 43.6 Å². The Hall–Kier alpha value is -3.74. The molecule has 10 nitrogen and oxygen atoms in total. The number of aliphatic carboxylic acids is 1. The third-order valence-electron chi connectivity index (χ3n) is 7.81. The van der Waals surface area contributed by atoms with Gasteiger partial charge in [-0.05, 0) is 66.3 Å². The number of hydrogen-bond donors (Lipinski definition) is 2. The number of likely N-dealkylation sites (tertiary alicyclic amines) is 1. The summed E-state index contributed by atoms with van der Waals surface area (Å²) < 4.78 is 54.3. The first kappa shape index (κ1) is 33.2. The van der Waals surface area contributed by atoms with Gasteiger partial charge in [-0.25, -0.2) is 21.6 Å². The van der Waals surface area contributed by atoms with Gasteiger partial charge in [0, 0.05) is 37.2 Å². The lowest BCUT2D eigenvalue weighted by atomic mass is 9.93. The molecule has 1 aliphatic rings. The molecule has 3 atom stereocenters. The van der Waals surface area contributed by atoms with Crippen LogP contribution < -0.4 is 10.1 Å². The number of benzene rings is 3. The van der Waals surface area contributed by atoms with Crippen molar-refractivity contribution in [3.63, 3.8) is 0 Å². The summed E-state index contributed by atoms with van der Waals surface area (Å²) in [7, 11) is -6.72. The molecular weight excluding hydrogens is 604 g/mol. The Kier molecular flexibility index (Phi) is 10.5. The summed E-state index contributed by atoms with van der Waals surface area (Å²) in [5.74, 6) is -1.64. The van der Waals surface area contributed by atoms with E-state index >= 15 is 0 Å². The molecule has 0 aliphatic carbocycles. The Bertz CT molecular complexity index is 1710. The topological polar surface area (TPSA) is 147 Å². The van der Waals surface area contributed by atoms with Crippen molar-refractivity contribution in [2.24, 2.45) is 0 Å². The molecule has 1 aliphatic heterocycles. The predicted octanol–water partition coefficient (Wildman–Crippen LogP) is 3.35. The van der Waals surface area contributed by atoms with Crippen LogP contribution in [0.3, 0.4) is 0 Å². The van der Waals surface area contributed by atoms with Gasteiger partial charge in [0.2, 0.25) is 0 Å². The maximum atomic E-state index is 13.5. The number of carbonyl (C=O) groups is 2. The van der Waals surface area contributed by atoms with Crippen LogP contribution in [0.5, 0.6) is 5.75 Å². The molecule has 12 heteroatoms. The number of nitrogens with zero attached hydrogens (tertiary/aromatic N) is 1. The summed E-state index contributed by atoms with van der Waals surface area (Å²) in [6, 6.07) is 20.5. The van der Waals surface area contributed by atoms with Gasteiger partial charge in [0.25, 0.3) is 5.91 Å². The van der Waals surface area contributed by atoms with Crippen molar-refractivity contribution in [3.05, 3.63) is 89.5 Å². The van der Waals surface area contributed by atoms with Crippen LogP contribution in [0.15, 0.2) is 72.8 Å². The van der Waals surface area contributed by atoms with Gasteiger partial charge in [-0.15, -0.1) is 0 Å². The zero-order valence-electron chi connectivity index (χ0n) is 25.0. The van der Waals surface area contributed by atoms with Gasteiger partial charge >= 0.3 is 5.97 Å². The number of carboxylic acid groups (broad SMARTS) is 1. The molecule has 3 aromatic carbocycles. The van der Waals surface area contributed by atoms with Crippen molar-refractivity contribution in [1.29, 1.82) is 0 Å². The molecule has 0 radical (unpaired) electrons. The van der Waals surface area contributed by atoms with E-state index in [4.69, 9.17) is 4.74 Å². The van der Waals surface area contributed by atoms with Gasteiger partial charge in [0.15, 0.2) is 9.84 Å². The summed E-state index contributed by atoms with van der Waals surface area (Å²) in [4.78, 5) is 27.4. The number of sulfone groups is 2. The van der Waals surface area contributed by atoms with Crippen LogP contribution >= 0.6 is 0 Å². The van der Waals surface area contributed by atoms with E-state index in [-0.39, 0.29) is 23.8 Å². The van der Waals surface area contributed by atoms with Crippen LogP contribution in [0.1, 0.15) is 34.3 Å². The molecule has 1 amide bonds. The SMILES string of the molecule is Cc1ccccc1-c1cc(CN2CC(S(C)(=O)=O)C[C@H]2COc2ccccc2)ccc1C(=O)NC(CCS(C)(=O)=O)C(=O)O. The van der Waals surface area contributed by atoms with E-state index in [1.54, 1.807) is 12.1 Å². The first-order chi connectivity index (χ1) is 20.7. The van der Waals surface area contributed by atoms with Gasteiger partial charge in [-0.3, -0.25) is 9.69 Å². The average Bonchev–Trinajstić information content (AvgIpc) is 3.37. The number of para-hydroxylation sites is 1. The minimum absolute atomic E-state index is 0.161. The zero-order chi connectivity index (χ0) is 32.1. The minimum Gasteiger partial charge on any atom is -0.492 e. The number of aryl methyl sites for hydroxylation is 1. The first-order valence-corrected chi connectivity index (χ1v) is 18.2. The van der Waals surface area contributed by atoms with Crippen LogP contribution in [-0.2, 0) is 31.0 Å². The standard InChI is InChI=1S/C32H38N2O8S2/c1-22-9-7-8-12-27(22)29-17-23(13-14-28(29)31(35)33-30(32(36)37)15-16-43(2,38)39)19-34-20-26(44(3,40)41)18-24(34)21-42-25-10-5-4-6-11-25/h4-14,17,24,26,30H,15-16,18-21H2,1-3H3,(H,33,35)(H,36,37)/t24-,26?,30?/m0/s1. The fraction of sp³-hybridized carbons (Fsp3) is 0.375. The number of carbonyl (C=O) groups excluding carboxylic acids is 1. The molecule has 2 N–H and O–H groups in total. The predicted molar refractivity (Wildman–Crippen MR) is 169 cm³/mol. The van der Waals surface area contributed by atoms with Gasteiger partial charge in [-0.1, -0.05) is 48.5 Å². The number of amides is 1. The van der Waals surface area contributed by atoms with E-state index in [2.05, 4.69) is 10.2 Å². The van der Waals surface area contributed by atoms with Crippen molar-refractivity contribution < 1.29 is 36.3 Å². The van der Waals surface area contributed by atoms with Crippen LogP contribution in [0.2, 0.25) is 0 Å². The van der Waals surface area contributed by atoms with Crippen LogP contribution in [-0.4, -0.2) is 87.5 Å². The van der Waals surface area contributed by atoms with E-state index in [1.165, 1.54) is 6.26 Å². The minimum atomic E-state index is -3.43. The molecule has 4 rings (SSSR count). The van der Waals surface area contributed by atoms with Crippen LogP contribution in [0.4, 0.5) is 0 Å². The summed E-state index contributed by atoms with van der Waals surface area (Å²) >= 11 is 0. The highest BCUT2D eigenvalue weighted by Gasteiger charge is 2.38. The van der Waals surface area contributed by atoms with Gasteiger partial charge in [-0.2, -0.15) is 0 Å². The molecule has 0 aromatic heterocycles. The maximum Gasteiger partial charge on any atom is 0.326 e. The second-order valence-electron chi connectivity index (χ2n) is 11.4. The Morgan fingerprint density at radius 1 is 0.977 bits per heavy atom. The number of hydrogen-bond acceptors (Lipinski definition) is 8. The number of ether oxygens (including phenoxy) is 1. The molecule has 3 aromatic rings. The Morgan fingerprint density at radius 3 is 2.30 bits per heavy atom. The third-order valence-corrected chi connectivity index (χ3v) is 10.3. The van der Waals surface area contributed by atoms with E-state index in [0.29, 0.717) is 37.4 Å². The molecule has 2 unspecified atom stereocenters. The normalized spacial score (nSPS) is 18.1. The number of nitrogens with one attached hydrogen (secondary N) is 1. The largest absolute Gasteiger partial charge is 0.492 e. The lowest BCUT2D eigenvalue weighted by molar-refractivity contribution is -0.139. The quantitative estimate of drug-likeness (QED) is 0.287. The molecule has 0 spiro atoms. The fourth-order valence-electron chi connectivity index (χ4n) is 5.37. The molecular formula is C32H38N2O8S2. The lowest BCUT2D eigenvalue weighted by Crippen LogP contribution is -2.42. The average molecular weight is 643 g/mol. The Labute approximate surface area is 258 Å². The first-order valence-electron chi connectivity index (χ1n) is 14.2. The van der Waals surface area contributed by atoms with E-state index in [0.717, 1.165) is 22.9 Å². The third kappa shape index (κ3) is 8.90. The van der Waals surface area contributed by atoms with E-state index in [9.17, 15) is 31.5 Å². The van der Waals surface area contributed by atoms with Crippen LogP contribution in [0, 0.1) is 6.92 Å². The maximum absolute atomic E-state index is 13.5. The van der Waals surface area contributed by atoms with Crippen LogP contribution in [0.25, 0.3) is 11.1 Å². The summed E-state index contributed by atoms with van der Waals surface area (Å²) in [5.41, 5.74) is 3.35. The second-order valence-corrected chi connectivity index (χ2v) is 16.0. The van der Waals surface area contributed by atoms with Crippen molar-refractivity contribution in [1.82, 2.24) is 10.2 Å². The molecule has 1 saturated heterocycles. The zero-order valence-corrected chi connectivity index (χ0v) is 26.6. The van der Waals surface area contributed by atoms with Gasteiger partial charge in [0.05, 0.1) is 11.0 Å². The highest BCUT2D eigenvalue weighted by Crippen LogP contribution is 2.31. The Balaban J connectivity index is 1.63. The van der Waals surface area contributed by atoms with E-state index in [1.807, 2.05) is 67.6 Å². The fourth-order valence-corrected chi connectivity index (χ4v) is 7.07. The monoisotopic (exact) mass is 642 g/mol. The van der Waals surface area contributed by atoms with Gasteiger partial charge in [0.1, 0.15) is 28.2 Å². The van der Waals surface area contributed by atoms with E-state index < -0.39 is 42.8 Å². The van der Waals surface area contributed by atoms with Gasteiger partial charge < -0.3 is 15.2 Å². The number of carboxylic acids is 1. The lowest BCUT2D eigenvalue weighted by Gasteiger charge is -2.25. The molecule has 1 fully saturated rings. The summed E-state index contributed by atoms with van der Waals surface area (Å²) in [6.45, 7) is 2.96. The highest BCUT2D eigenvalue weighted by molar-refractivity contribution is 7.91. The molecule has 236 valence electrons. The van der Waals surface area contributed by atoms with Crippen molar-refractivity contribution in [2.75, 3.05) is 31.4 Å². The van der Waals surface area contributed by atoms with Crippen molar-refractivity contribution in [3.8, 4) is 16.9 Å². The summed E-state index contributed by atoms with van der Waals surface area (Å²) in [6.07, 6.45) is 2.43. The molecule has 1 heterocycles. The summed E-state index contributed by atoms with van der Waals surface area (Å²) in [5, 5.41) is 11.6. The smallest absolute Gasteiger partial charge is 0.326 e. The molecule has 0 bridgehead atoms. The highest BCUT2D eigenvalue weighted by atomic mass is 32.2. The Morgan fingerprint density at radius 2 is 1.66 bits per heavy atom. The molecule has 0 saturated carbocycles. The van der Waals surface area contributed by atoms with Crippen molar-refractivity contribution >= 4 is 31.6 Å². The number of rotatable bonds is 13. The second kappa shape index (κ2) is 13.9. The molecule has 44 heavy (non-hydrogen) atoms.